The molecule has 0 aliphatic carbocycles. The number of nitrogens with one attached hydrogen (secondary N) is 1. The molecule has 1 unspecified atom stereocenters. The molecule has 0 amide bonds. The van der Waals surface area contributed by atoms with Gasteiger partial charge in [0.05, 0.1) is 40.4 Å². The number of hydrogen-bond acceptors (Lipinski definition) is 3. The second-order valence-corrected chi connectivity index (χ2v) is 7.36. The Bertz CT molecular complexity index is 996. The van der Waals surface area contributed by atoms with Crippen LogP contribution < -0.4 is 4.74 Å². The third-order valence-electron chi connectivity index (χ3n) is 4.20. The van der Waals surface area contributed by atoms with Gasteiger partial charge in [-0.15, -0.1) is 0 Å². The summed E-state index contributed by atoms with van der Waals surface area (Å²) in [6.07, 6.45) is -2.85. The van der Waals surface area contributed by atoms with Gasteiger partial charge in [-0.2, -0.15) is 13.2 Å². The summed E-state index contributed by atoms with van der Waals surface area (Å²) in [6.45, 7) is 3.67. The molecule has 3 aromatic rings. The Morgan fingerprint density at radius 2 is 2.00 bits per heavy atom. The number of alkyl halides is 3. The van der Waals surface area contributed by atoms with Crippen molar-refractivity contribution in [2.24, 2.45) is 0 Å². The number of aromatic amines is 1. The lowest BCUT2D eigenvalue weighted by Gasteiger charge is -2.11. The number of para-hydroxylation sites is 1. The first-order chi connectivity index (χ1) is 12.2. The average Bonchev–Trinajstić information content (AvgIpc) is 3.01. The van der Waals surface area contributed by atoms with Gasteiger partial charge in [0.25, 0.3) is 0 Å². The summed E-state index contributed by atoms with van der Waals surface area (Å²) in [7, 11) is -0.0221. The van der Waals surface area contributed by atoms with Crippen molar-refractivity contribution >= 4 is 21.7 Å². The summed E-state index contributed by atoms with van der Waals surface area (Å²) in [5.74, 6) is 0.749. The number of ether oxygens (including phenoxy) is 1. The zero-order valence-electron chi connectivity index (χ0n) is 14.4. The summed E-state index contributed by atoms with van der Waals surface area (Å²) in [4.78, 5) is 6.97. The van der Waals surface area contributed by atoms with Crippen molar-refractivity contribution < 1.29 is 22.1 Å². The molecule has 1 N–H and O–H groups in total. The number of halogens is 3. The van der Waals surface area contributed by atoms with Crippen LogP contribution in [0.15, 0.2) is 35.5 Å². The van der Waals surface area contributed by atoms with E-state index in [1.54, 1.807) is 19.4 Å². The van der Waals surface area contributed by atoms with Gasteiger partial charge < -0.3 is 9.72 Å². The molecule has 0 spiro atoms. The first kappa shape index (κ1) is 18.4. The van der Waals surface area contributed by atoms with Gasteiger partial charge in [0, 0.05) is 22.7 Å². The molecule has 1 atom stereocenters. The largest absolute Gasteiger partial charge is 0.496 e. The lowest BCUT2D eigenvalue weighted by molar-refractivity contribution is -0.136. The summed E-state index contributed by atoms with van der Waals surface area (Å²) in [5.41, 5.74) is 1.38. The molecule has 0 saturated heterocycles. The molecule has 0 bridgehead atoms. The predicted octanol–water partition coefficient (Wildman–Crippen LogP) is 4.51. The van der Waals surface area contributed by atoms with Crippen LogP contribution in [-0.4, -0.2) is 21.3 Å². The maximum absolute atomic E-state index is 13.1. The smallest absolute Gasteiger partial charge is 0.418 e. The quantitative estimate of drug-likeness (QED) is 0.722. The average molecular weight is 382 g/mol. The van der Waals surface area contributed by atoms with Crippen LogP contribution in [-0.2, 0) is 22.7 Å². The van der Waals surface area contributed by atoms with Crippen LogP contribution in [0.25, 0.3) is 10.9 Å². The highest BCUT2D eigenvalue weighted by Crippen LogP contribution is 2.35. The molecule has 138 valence electrons. The third-order valence-corrected chi connectivity index (χ3v) is 5.45. The summed E-state index contributed by atoms with van der Waals surface area (Å²) in [6, 6.07) is 5.38. The van der Waals surface area contributed by atoms with Gasteiger partial charge in [0.15, 0.2) is 0 Å². The molecule has 26 heavy (non-hydrogen) atoms. The van der Waals surface area contributed by atoms with Gasteiger partial charge in [-0.05, 0) is 26.0 Å². The summed E-state index contributed by atoms with van der Waals surface area (Å²) < 4.78 is 57.4. The third kappa shape index (κ3) is 3.33. The lowest BCUT2D eigenvalue weighted by Crippen LogP contribution is -2.06. The Kier molecular flexibility index (Phi) is 4.79. The molecule has 0 radical (unpaired) electrons. The van der Waals surface area contributed by atoms with E-state index in [1.807, 2.05) is 13.8 Å². The van der Waals surface area contributed by atoms with Crippen molar-refractivity contribution in [1.29, 1.82) is 0 Å². The number of hydrogen-bond donors (Lipinski definition) is 1. The highest BCUT2D eigenvalue weighted by Gasteiger charge is 2.33. The Hall–Kier alpha value is -2.35. The van der Waals surface area contributed by atoms with E-state index in [1.165, 1.54) is 12.1 Å². The normalized spacial score (nSPS) is 13.2. The molecule has 3 rings (SSSR count). The van der Waals surface area contributed by atoms with Crippen molar-refractivity contribution in [3.05, 3.63) is 52.8 Å². The monoisotopic (exact) mass is 382 g/mol. The number of methoxy groups -OCH3 is 1. The molecule has 8 heteroatoms. The van der Waals surface area contributed by atoms with E-state index in [2.05, 4.69) is 9.97 Å². The molecule has 2 aromatic heterocycles. The second kappa shape index (κ2) is 6.75. The SMILES string of the molecule is COc1c(C)cnc(CS(=O)c2cc3cccc(C(F)(F)F)c3[nH]2)c1C. The van der Waals surface area contributed by atoms with Crippen LogP contribution in [0, 0.1) is 13.8 Å². The lowest BCUT2D eigenvalue weighted by atomic mass is 10.1. The maximum atomic E-state index is 13.1. The van der Waals surface area contributed by atoms with Crippen molar-refractivity contribution in [2.75, 3.05) is 7.11 Å². The minimum absolute atomic E-state index is 0.0606. The molecule has 0 aliphatic rings. The summed E-state index contributed by atoms with van der Waals surface area (Å²) in [5, 5.41) is 0.604. The minimum atomic E-state index is -4.48. The number of aryl methyl sites for hydroxylation is 1. The highest BCUT2D eigenvalue weighted by atomic mass is 32.2. The van der Waals surface area contributed by atoms with E-state index in [0.717, 1.165) is 17.2 Å². The van der Waals surface area contributed by atoms with Crippen molar-refractivity contribution in [1.82, 2.24) is 9.97 Å². The van der Waals surface area contributed by atoms with Crippen LogP contribution in [0.1, 0.15) is 22.4 Å². The fourth-order valence-electron chi connectivity index (χ4n) is 2.91. The topological polar surface area (TPSA) is 55.0 Å². The van der Waals surface area contributed by atoms with E-state index in [0.29, 0.717) is 16.8 Å². The Morgan fingerprint density at radius 3 is 2.65 bits per heavy atom. The number of benzene rings is 1. The van der Waals surface area contributed by atoms with E-state index in [9.17, 15) is 17.4 Å². The number of H-pyrrole nitrogens is 1. The van der Waals surface area contributed by atoms with Crippen molar-refractivity contribution in [3.8, 4) is 5.75 Å². The van der Waals surface area contributed by atoms with Crippen LogP contribution in [0.4, 0.5) is 13.2 Å². The van der Waals surface area contributed by atoms with E-state index >= 15 is 0 Å². The molecular formula is C18H17F3N2O2S. The Labute approximate surface area is 150 Å². The molecular weight excluding hydrogens is 365 g/mol. The highest BCUT2D eigenvalue weighted by molar-refractivity contribution is 7.84. The number of aromatic nitrogens is 2. The van der Waals surface area contributed by atoms with Gasteiger partial charge >= 0.3 is 6.18 Å². The Morgan fingerprint density at radius 1 is 1.27 bits per heavy atom. The van der Waals surface area contributed by atoms with Crippen LogP contribution in [0.5, 0.6) is 5.75 Å². The number of rotatable bonds is 4. The number of pyridine rings is 1. The zero-order valence-corrected chi connectivity index (χ0v) is 15.2. The van der Waals surface area contributed by atoms with Gasteiger partial charge in [0.2, 0.25) is 0 Å². The first-order valence-corrected chi connectivity index (χ1v) is 9.10. The molecule has 0 fully saturated rings. The van der Waals surface area contributed by atoms with Gasteiger partial charge in [-0.1, -0.05) is 12.1 Å². The molecule has 2 heterocycles. The molecule has 0 aliphatic heterocycles. The van der Waals surface area contributed by atoms with Crippen molar-refractivity contribution in [3.63, 3.8) is 0 Å². The van der Waals surface area contributed by atoms with Gasteiger partial charge in [-0.25, -0.2) is 0 Å². The van der Waals surface area contributed by atoms with E-state index < -0.39 is 22.5 Å². The van der Waals surface area contributed by atoms with Gasteiger partial charge in [0.1, 0.15) is 10.8 Å². The number of nitrogens with zero attached hydrogens (tertiary/aromatic N) is 1. The van der Waals surface area contributed by atoms with Crippen LogP contribution >= 0.6 is 0 Å². The summed E-state index contributed by atoms with van der Waals surface area (Å²) >= 11 is 0. The molecule has 0 saturated carbocycles. The van der Waals surface area contributed by atoms with E-state index in [4.69, 9.17) is 4.74 Å². The maximum Gasteiger partial charge on any atom is 0.418 e. The minimum Gasteiger partial charge on any atom is -0.496 e. The molecule has 1 aromatic carbocycles. The first-order valence-electron chi connectivity index (χ1n) is 7.78. The van der Waals surface area contributed by atoms with Crippen molar-refractivity contribution in [2.45, 2.75) is 30.8 Å². The predicted molar refractivity (Wildman–Crippen MR) is 93.7 cm³/mol. The van der Waals surface area contributed by atoms with Crippen LogP contribution in [0.2, 0.25) is 0 Å². The zero-order chi connectivity index (χ0) is 19.1. The number of fused-ring (bicyclic) bond motifs is 1. The Balaban J connectivity index is 1.97. The fraction of sp³-hybridized carbons (Fsp3) is 0.278. The van der Waals surface area contributed by atoms with Crippen LogP contribution in [0.3, 0.4) is 0 Å². The standard InChI is InChI=1S/C18H17F3N2O2S/c1-10-8-22-14(11(2)17(10)25-3)9-26(24)15-7-12-5-4-6-13(16(12)23-15)18(19,20)21/h4-8,23H,9H2,1-3H3. The van der Waals surface area contributed by atoms with E-state index in [-0.39, 0.29) is 16.3 Å². The molecule has 4 nitrogen and oxygen atoms in total. The second-order valence-electron chi connectivity index (χ2n) is 5.94. The fourth-order valence-corrected chi connectivity index (χ4v) is 4.08. The van der Waals surface area contributed by atoms with Gasteiger partial charge in [-0.3, -0.25) is 9.19 Å².